The molecule has 3 rings (SSSR count). The van der Waals surface area contributed by atoms with Gasteiger partial charge in [-0.05, 0) is 61.1 Å². The number of rotatable bonds is 6. The van der Waals surface area contributed by atoms with E-state index in [0.717, 1.165) is 38.5 Å². The van der Waals surface area contributed by atoms with Gasteiger partial charge in [-0.25, -0.2) is 0 Å². The van der Waals surface area contributed by atoms with Crippen LogP contribution in [0.1, 0.15) is 34.4 Å². The summed E-state index contributed by atoms with van der Waals surface area (Å²) in [5.74, 6) is 11.9. The van der Waals surface area contributed by atoms with E-state index in [1.165, 1.54) is 14.0 Å². The first kappa shape index (κ1) is 24.1. The van der Waals surface area contributed by atoms with E-state index in [4.69, 9.17) is 4.42 Å². The van der Waals surface area contributed by atoms with Gasteiger partial charge in [0.25, 0.3) is 5.91 Å². The van der Waals surface area contributed by atoms with E-state index in [1.807, 2.05) is 12.1 Å². The molecule has 172 valence electrons. The van der Waals surface area contributed by atoms with Crippen LogP contribution in [0.15, 0.2) is 40.8 Å². The van der Waals surface area contributed by atoms with Crippen molar-refractivity contribution in [2.45, 2.75) is 25.6 Å². The number of amides is 2. The first-order valence-corrected chi connectivity index (χ1v) is 10.8. The van der Waals surface area contributed by atoms with Gasteiger partial charge in [0.1, 0.15) is 11.8 Å². The highest BCUT2D eigenvalue weighted by atomic mass is 16.3. The van der Waals surface area contributed by atoms with Crippen LogP contribution in [-0.2, 0) is 11.3 Å². The summed E-state index contributed by atoms with van der Waals surface area (Å²) in [5, 5.41) is 18.0. The Morgan fingerprint density at radius 3 is 2.48 bits per heavy atom. The third-order valence-electron chi connectivity index (χ3n) is 5.15. The molecule has 1 aliphatic rings. The summed E-state index contributed by atoms with van der Waals surface area (Å²) in [4.78, 5) is 26.5. The first-order valence-electron chi connectivity index (χ1n) is 10.8. The number of piperazine rings is 1. The van der Waals surface area contributed by atoms with Gasteiger partial charge in [-0.1, -0.05) is 5.92 Å². The van der Waals surface area contributed by atoms with Crippen LogP contribution in [-0.4, -0.2) is 67.2 Å². The minimum absolute atomic E-state index is 0.355. The number of nitrogens with zero attached hydrogens (tertiary/aromatic N) is 1. The van der Waals surface area contributed by atoms with Crippen LogP contribution in [0.2, 0.25) is 0 Å². The Hall–Kier alpha value is -3.56. The van der Waals surface area contributed by atoms with Crippen molar-refractivity contribution >= 4 is 11.8 Å². The van der Waals surface area contributed by atoms with Gasteiger partial charge in [-0.15, -0.1) is 0 Å². The van der Waals surface area contributed by atoms with E-state index in [1.54, 1.807) is 24.3 Å². The Kier molecular flexibility index (Phi) is 8.68. The maximum absolute atomic E-state index is 12.4. The number of carbonyl (C=O) groups is 2. The number of hydrogen-bond acceptors (Lipinski definition) is 6. The molecule has 1 aromatic carbocycles. The van der Waals surface area contributed by atoms with E-state index >= 15 is 0 Å². The van der Waals surface area contributed by atoms with Gasteiger partial charge < -0.3 is 25.5 Å². The summed E-state index contributed by atoms with van der Waals surface area (Å²) in [6.45, 7) is 6.21. The summed E-state index contributed by atoms with van der Waals surface area (Å²) in [7, 11) is 1.44. The Labute approximate surface area is 193 Å². The van der Waals surface area contributed by atoms with Crippen LogP contribution >= 0.6 is 0 Å². The number of hydrogen-bond donors (Lipinski definition) is 4. The summed E-state index contributed by atoms with van der Waals surface area (Å²) < 4.78 is 5.76. The first-order chi connectivity index (χ1) is 16.0. The molecule has 2 aromatic rings. The van der Waals surface area contributed by atoms with Gasteiger partial charge in [-0.3, -0.25) is 14.5 Å². The summed E-state index contributed by atoms with van der Waals surface area (Å²) in [6, 6.07) is 9.35. The van der Waals surface area contributed by atoms with Crippen LogP contribution < -0.4 is 16.0 Å². The number of benzene rings is 1. The van der Waals surface area contributed by atoms with E-state index in [2.05, 4.69) is 44.5 Å². The average Bonchev–Trinajstić information content (AvgIpc) is 3.27. The molecule has 0 aliphatic carbocycles. The molecule has 33 heavy (non-hydrogen) atoms. The van der Waals surface area contributed by atoms with E-state index < -0.39 is 24.0 Å². The lowest BCUT2D eigenvalue weighted by atomic mass is 10.1. The third kappa shape index (κ3) is 7.23. The molecule has 2 amide bonds. The standard InChI is InChI=1S/C25H28N4O4/c1-18(30)23(25(32)26-2)28-24(31)20-9-7-19(8-10-20)5-3-4-6-21-11-12-22(33-21)17-29-15-13-27-14-16-29/h7-12,18,23,27,30H,13-17H2,1-2H3,(H,26,32)(H,28,31)/t18-,23+/m1/s1. The molecule has 0 bridgehead atoms. The molecule has 1 aromatic heterocycles. The lowest BCUT2D eigenvalue weighted by molar-refractivity contribution is -0.124. The predicted octanol–water partition coefficient (Wildman–Crippen LogP) is 0.313. The Balaban J connectivity index is 1.55. The van der Waals surface area contributed by atoms with Crippen molar-refractivity contribution < 1.29 is 19.1 Å². The molecule has 2 heterocycles. The fraction of sp³-hybridized carbons (Fsp3) is 0.360. The van der Waals surface area contributed by atoms with Crippen LogP contribution in [0, 0.1) is 23.7 Å². The van der Waals surface area contributed by atoms with Crippen molar-refractivity contribution in [3.05, 3.63) is 59.0 Å². The van der Waals surface area contributed by atoms with E-state index in [0.29, 0.717) is 16.9 Å². The molecule has 0 saturated carbocycles. The zero-order chi connectivity index (χ0) is 23.6. The van der Waals surface area contributed by atoms with Crippen LogP contribution in [0.4, 0.5) is 0 Å². The number of aliphatic hydroxyl groups is 1. The normalized spacial score (nSPS) is 15.2. The van der Waals surface area contributed by atoms with Gasteiger partial charge in [-0.2, -0.15) is 0 Å². The number of nitrogens with one attached hydrogen (secondary N) is 3. The van der Waals surface area contributed by atoms with Gasteiger partial charge in [0.2, 0.25) is 5.91 Å². The second kappa shape index (κ2) is 11.9. The molecule has 8 nitrogen and oxygen atoms in total. The Bertz CT molecular complexity index is 1080. The highest BCUT2D eigenvalue weighted by Gasteiger charge is 2.25. The molecule has 0 spiro atoms. The highest BCUT2D eigenvalue weighted by Crippen LogP contribution is 2.10. The summed E-state index contributed by atoms with van der Waals surface area (Å²) >= 11 is 0. The molecular formula is C25H28N4O4. The predicted molar refractivity (Wildman–Crippen MR) is 124 cm³/mol. The molecule has 0 unspecified atom stereocenters. The fourth-order valence-corrected chi connectivity index (χ4v) is 3.31. The molecule has 4 N–H and O–H groups in total. The molecule has 8 heteroatoms. The molecular weight excluding hydrogens is 420 g/mol. The quantitative estimate of drug-likeness (QED) is 0.474. The van der Waals surface area contributed by atoms with E-state index in [9.17, 15) is 14.7 Å². The zero-order valence-electron chi connectivity index (χ0n) is 18.8. The van der Waals surface area contributed by atoms with Gasteiger partial charge in [0.05, 0.1) is 12.6 Å². The number of aliphatic hydroxyl groups excluding tert-OH is 1. The van der Waals surface area contributed by atoms with Gasteiger partial charge >= 0.3 is 0 Å². The van der Waals surface area contributed by atoms with Gasteiger partial charge in [0, 0.05) is 44.4 Å². The third-order valence-corrected chi connectivity index (χ3v) is 5.15. The number of carbonyl (C=O) groups excluding carboxylic acids is 2. The van der Waals surface area contributed by atoms with E-state index in [-0.39, 0.29) is 0 Å². The van der Waals surface area contributed by atoms with Crippen molar-refractivity contribution in [2.75, 3.05) is 33.2 Å². The maximum atomic E-state index is 12.4. The van der Waals surface area contributed by atoms with Crippen molar-refractivity contribution in [2.24, 2.45) is 0 Å². The highest BCUT2D eigenvalue weighted by molar-refractivity contribution is 5.97. The van der Waals surface area contributed by atoms with Crippen molar-refractivity contribution in [3.8, 4) is 23.7 Å². The summed E-state index contributed by atoms with van der Waals surface area (Å²) in [6.07, 6.45) is -1.02. The van der Waals surface area contributed by atoms with Crippen LogP contribution in [0.25, 0.3) is 0 Å². The number of likely N-dealkylation sites (N-methyl/N-ethyl adjacent to an activating group) is 1. The lowest BCUT2D eigenvalue weighted by Gasteiger charge is -2.26. The SMILES string of the molecule is CNC(=O)[C@@H](NC(=O)c1ccc(C#CC#Cc2ccc(CN3CCNCC3)o2)cc1)[C@@H](C)O. The second-order valence-electron chi connectivity index (χ2n) is 7.68. The molecule has 1 aliphatic heterocycles. The monoisotopic (exact) mass is 448 g/mol. The van der Waals surface area contributed by atoms with Crippen LogP contribution in [0.5, 0.6) is 0 Å². The van der Waals surface area contributed by atoms with Crippen LogP contribution in [0.3, 0.4) is 0 Å². The van der Waals surface area contributed by atoms with Crippen molar-refractivity contribution in [1.82, 2.24) is 20.9 Å². The maximum Gasteiger partial charge on any atom is 0.252 e. The topological polar surface area (TPSA) is 107 Å². The molecule has 1 saturated heterocycles. The van der Waals surface area contributed by atoms with Gasteiger partial charge in [0.15, 0.2) is 5.76 Å². The zero-order valence-corrected chi connectivity index (χ0v) is 18.8. The minimum Gasteiger partial charge on any atom is -0.451 e. The smallest absolute Gasteiger partial charge is 0.252 e. The minimum atomic E-state index is -1.03. The lowest BCUT2D eigenvalue weighted by Crippen LogP contribution is -2.51. The molecule has 2 atom stereocenters. The fourth-order valence-electron chi connectivity index (χ4n) is 3.31. The largest absolute Gasteiger partial charge is 0.451 e. The van der Waals surface area contributed by atoms with Crippen molar-refractivity contribution in [1.29, 1.82) is 0 Å². The number of furan rings is 1. The van der Waals surface area contributed by atoms with Crippen molar-refractivity contribution in [3.63, 3.8) is 0 Å². The average molecular weight is 449 g/mol. The molecule has 0 radical (unpaired) electrons. The Morgan fingerprint density at radius 2 is 1.82 bits per heavy atom. The molecule has 1 fully saturated rings. The Morgan fingerprint density at radius 1 is 1.12 bits per heavy atom. The summed E-state index contributed by atoms with van der Waals surface area (Å²) in [5.41, 5.74) is 1.05. The second-order valence-corrected chi connectivity index (χ2v) is 7.68.